The normalized spacial score (nSPS) is 20.2. The SMILES string of the molecule is COCC(C)C(N)c1noc(C2CC2)n1. The minimum atomic E-state index is -0.207. The van der Waals surface area contributed by atoms with Crippen LogP contribution in [0.4, 0.5) is 0 Å². The summed E-state index contributed by atoms with van der Waals surface area (Å²) < 4.78 is 10.2. The third-order valence-corrected chi connectivity index (χ3v) is 2.72. The first kappa shape index (κ1) is 10.6. The predicted molar refractivity (Wildman–Crippen MR) is 54.2 cm³/mol. The van der Waals surface area contributed by atoms with Gasteiger partial charge in [0.25, 0.3) is 0 Å². The number of nitrogens with zero attached hydrogens (tertiary/aromatic N) is 2. The Morgan fingerprint density at radius 3 is 2.93 bits per heavy atom. The molecule has 5 nitrogen and oxygen atoms in total. The van der Waals surface area contributed by atoms with Crippen LogP contribution in [0.15, 0.2) is 4.52 Å². The van der Waals surface area contributed by atoms with E-state index in [0.717, 1.165) is 18.7 Å². The molecule has 1 aliphatic rings. The van der Waals surface area contributed by atoms with Crippen molar-refractivity contribution >= 4 is 0 Å². The maximum Gasteiger partial charge on any atom is 0.229 e. The van der Waals surface area contributed by atoms with E-state index in [0.29, 0.717) is 18.3 Å². The minimum Gasteiger partial charge on any atom is -0.384 e. The molecule has 0 aliphatic heterocycles. The zero-order chi connectivity index (χ0) is 10.8. The summed E-state index contributed by atoms with van der Waals surface area (Å²) in [6.07, 6.45) is 2.31. The summed E-state index contributed by atoms with van der Waals surface area (Å²) in [5.74, 6) is 2.02. The van der Waals surface area contributed by atoms with Crippen LogP contribution >= 0.6 is 0 Å². The summed E-state index contributed by atoms with van der Waals surface area (Å²) in [4.78, 5) is 4.32. The van der Waals surface area contributed by atoms with Crippen LogP contribution in [-0.4, -0.2) is 23.9 Å². The molecule has 1 aliphatic carbocycles. The molecule has 0 bridgehead atoms. The monoisotopic (exact) mass is 211 g/mol. The number of ether oxygens (including phenoxy) is 1. The number of rotatable bonds is 5. The van der Waals surface area contributed by atoms with Gasteiger partial charge in [-0.3, -0.25) is 0 Å². The highest BCUT2D eigenvalue weighted by Crippen LogP contribution is 2.39. The van der Waals surface area contributed by atoms with Crippen molar-refractivity contribution in [3.05, 3.63) is 11.7 Å². The fourth-order valence-corrected chi connectivity index (χ4v) is 1.50. The van der Waals surface area contributed by atoms with Crippen LogP contribution in [-0.2, 0) is 4.74 Å². The summed E-state index contributed by atoms with van der Waals surface area (Å²) in [5.41, 5.74) is 5.99. The standard InChI is InChI=1S/C10H17N3O2/c1-6(5-14-2)8(11)9-12-10(15-13-9)7-3-4-7/h6-8H,3-5,11H2,1-2H3. The van der Waals surface area contributed by atoms with E-state index in [2.05, 4.69) is 10.1 Å². The van der Waals surface area contributed by atoms with Gasteiger partial charge in [0, 0.05) is 18.9 Å². The predicted octanol–water partition coefficient (Wildman–Crippen LogP) is 1.23. The lowest BCUT2D eigenvalue weighted by molar-refractivity contribution is 0.145. The molecule has 84 valence electrons. The molecule has 0 saturated heterocycles. The summed E-state index contributed by atoms with van der Waals surface area (Å²) in [6.45, 7) is 2.62. The first-order chi connectivity index (χ1) is 7.22. The molecule has 1 heterocycles. The molecule has 1 saturated carbocycles. The maximum absolute atomic E-state index is 5.99. The van der Waals surface area contributed by atoms with E-state index in [9.17, 15) is 0 Å². The number of hydrogen-bond donors (Lipinski definition) is 1. The van der Waals surface area contributed by atoms with Gasteiger partial charge in [0.1, 0.15) is 0 Å². The largest absolute Gasteiger partial charge is 0.384 e. The average Bonchev–Trinajstić information content (AvgIpc) is 2.96. The first-order valence-corrected chi connectivity index (χ1v) is 5.30. The second kappa shape index (κ2) is 4.28. The van der Waals surface area contributed by atoms with Gasteiger partial charge in [-0.2, -0.15) is 4.98 Å². The Hall–Kier alpha value is -0.940. The van der Waals surface area contributed by atoms with Crippen molar-refractivity contribution in [2.75, 3.05) is 13.7 Å². The molecule has 0 spiro atoms. The first-order valence-electron chi connectivity index (χ1n) is 5.30. The Morgan fingerprint density at radius 1 is 1.60 bits per heavy atom. The van der Waals surface area contributed by atoms with E-state index >= 15 is 0 Å². The lowest BCUT2D eigenvalue weighted by Crippen LogP contribution is -2.23. The second-order valence-corrected chi connectivity index (χ2v) is 4.22. The van der Waals surface area contributed by atoms with Crippen LogP contribution < -0.4 is 5.73 Å². The molecule has 1 aromatic rings. The highest BCUT2D eigenvalue weighted by atomic mass is 16.5. The Kier molecular flexibility index (Phi) is 3.02. The molecule has 5 heteroatoms. The van der Waals surface area contributed by atoms with E-state index in [-0.39, 0.29) is 12.0 Å². The third-order valence-electron chi connectivity index (χ3n) is 2.72. The summed E-state index contributed by atoms with van der Waals surface area (Å²) in [5, 5.41) is 3.91. The Balaban J connectivity index is 2.00. The summed E-state index contributed by atoms with van der Waals surface area (Å²) >= 11 is 0. The van der Waals surface area contributed by atoms with Crippen LogP contribution in [0.1, 0.15) is 43.4 Å². The Morgan fingerprint density at radius 2 is 2.33 bits per heavy atom. The molecule has 2 unspecified atom stereocenters. The van der Waals surface area contributed by atoms with Crippen molar-refractivity contribution in [3.8, 4) is 0 Å². The van der Waals surface area contributed by atoms with E-state index in [1.807, 2.05) is 6.92 Å². The molecule has 2 atom stereocenters. The van der Waals surface area contributed by atoms with Crippen molar-refractivity contribution in [2.24, 2.45) is 11.7 Å². The molecule has 0 radical (unpaired) electrons. The number of aromatic nitrogens is 2. The lowest BCUT2D eigenvalue weighted by Gasteiger charge is -2.14. The topological polar surface area (TPSA) is 74.2 Å². The molecule has 0 amide bonds. The lowest BCUT2D eigenvalue weighted by atomic mass is 10.0. The molecule has 1 aromatic heterocycles. The van der Waals surface area contributed by atoms with Gasteiger partial charge < -0.3 is 15.0 Å². The summed E-state index contributed by atoms with van der Waals surface area (Å²) in [6, 6.07) is -0.207. The molecular weight excluding hydrogens is 194 g/mol. The number of methoxy groups -OCH3 is 1. The van der Waals surface area contributed by atoms with E-state index in [4.69, 9.17) is 15.0 Å². The van der Waals surface area contributed by atoms with Gasteiger partial charge in [-0.1, -0.05) is 12.1 Å². The third kappa shape index (κ3) is 2.35. The van der Waals surface area contributed by atoms with Crippen molar-refractivity contribution < 1.29 is 9.26 Å². The average molecular weight is 211 g/mol. The molecule has 2 rings (SSSR count). The maximum atomic E-state index is 5.99. The van der Waals surface area contributed by atoms with Crippen LogP contribution in [0, 0.1) is 5.92 Å². The van der Waals surface area contributed by atoms with Crippen LogP contribution in [0.2, 0.25) is 0 Å². The second-order valence-electron chi connectivity index (χ2n) is 4.22. The van der Waals surface area contributed by atoms with Gasteiger partial charge in [0.05, 0.1) is 12.6 Å². The van der Waals surface area contributed by atoms with Crippen molar-refractivity contribution in [3.63, 3.8) is 0 Å². The van der Waals surface area contributed by atoms with Gasteiger partial charge in [-0.25, -0.2) is 0 Å². The Bertz CT molecular complexity index is 322. The smallest absolute Gasteiger partial charge is 0.229 e. The van der Waals surface area contributed by atoms with Gasteiger partial charge in [0.15, 0.2) is 5.82 Å². The van der Waals surface area contributed by atoms with E-state index < -0.39 is 0 Å². The molecule has 1 fully saturated rings. The zero-order valence-electron chi connectivity index (χ0n) is 9.14. The molecule has 0 aromatic carbocycles. The van der Waals surface area contributed by atoms with Crippen LogP contribution in [0.25, 0.3) is 0 Å². The van der Waals surface area contributed by atoms with Crippen LogP contribution in [0.5, 0.6) is 0 Å². The molecular formula is C10H17N3O2. The Labute approximate surface area is 89.0 Å². The molecule has 2 N–H and O–H groups in total. The number of hydrogen-bond acceptors (Lipinski definition) is 5. The van der Waals surface area contributed by atoms with Crippen LogP contribution in [0.3, 0.4) is 0 Å². The van der Waals surface area contributed by atoms with Gasteiger partial charge in [-0.05, 0) is 12.8 Å². The fraction of sp³-hybridized carbons (Fsp3) is 0.800. The highest BCUT2D eigenvalue weighted by Gasteiger charge is 2.31. The van der Waals surface area contributed by atoms with E-state index in [1.54, 1.807) is 7.11 Å². The highest BCUT2D eigenvalue weighted by molar-refractivity contribution is 5.04. The summed E-state index contributed by atoms with van der Waals surface area (Å²) in [7, 11) is 1.66. The van der Waals surface area contributed by atoms with E-state index in [1.165, 1.54) is 0 Å². The van der Waals surface area contributed by atoms with Gasteiger partial charge in [0.2, 0.25) is 5.89 Å². The van der Waals surface area contributed by atoms with Crippen molar-refractivity contribution in [2.45, 2.75) is 31.7 Å². The minimum absolute atomic E-state index is 0.194. The zero-order valence-corrected chi connectivity index (χ0v) is 9.14. The quantitative estimate of drug-likeness (QED) is 0.792. The van der Waals surface area contributed by atoms with Gasteiger partial charge >= 0.3 is 0 Å². The van der Waals surface area contributed by atoms with Crippen molar-refractivity contribution in [1.82, 2.24) is 10.1 Å². The molecule has 15 heavy (non-hydrogen) atoms. The van der Waals surface area contributed by atoms with Gasteiger partial charge in [-0.15, -0.1) is 0 Å². The number of nitrogens with two attached hydrogens (primary N) is 1. The fourth-order valence-electron chi connectivity index (χ4n) is 1.50. The van der Waals surface area contributed by atoms with Crippen molar-refractivity contribution in [1.29, 1.82) is 0 Å².